The molecule has 0 spiro atoms. The van der Waals surface area contributed by atoms with Gasteiger partial charge in [0.25, 0.3) is 0 Å². The maximum atomic E-state index is 12.2. The first-order chi connectivity index (χ1) is 12.9. The molecule has 2 N–H and O–H groups in total. The number of nitrogens with two attached hydrogens (primary N) is 1. The summed E-state index contributed by atoms with van der Waals surface area (Å²) in [7, 11) is 0. The van der Waals surface area contributed by atoms with Crippen molar-refractivity contribution in [2.45, 2.75) is 27.7 Å². The molecule has 0 fully saturated rings. The smallest absolute Gasteiger partial charge is 0.339 e. The quantitative estimate of drug-likeness (QED) is 0.428. The third-order valence-corrected chi connectivity index (χ3v) is 4.30. The van der Waals surface area contributed by atoms with Crippen LogP contribution in [0, 0.1) is 13.8 Å². The van der Waals surface area contributed by atoms with Gasteiger partial charge in [-0.3, -0.25) is 0 Å². The van der Waals surface area contributed by atoms with Crippen molar-refractivity contribution >= 4 is 39.4 Å². The number of anilines is 1. The highest BCUT2D eigenvalue weighted by molar-refractivity contribution is 6.09. The highest BCUT2D eigenvalue weighted by Gasteiger charge is 2.18. The van der Waals surface area contributed by atoms with Crippen LogP contribution in [-0.2, 0) is 9.47 Å². The van der Waals surface area contributed by atoms with Crippen LogP contribution in [0.5, 0.6) is 0 Å². The lowest BCUT2D eigenvalue weighted by Crippen LogP contribution is -2.10. The predicted octanol–water partition coefficient (Wildman–Crippen LogP) is 3.34. The number of hydrogen-bond acceptors (Lipinski definition) is 7. The Morgan fingerprint density at radius 1 is 0.852 bits per heavy atom. The summed E-state index contributed by atoms with van der Waals surface area (Å²) in [6.45, 7) is 7.52. The molecular weight excluding hydrogens is 346 g/mol. The van der Waals surface area contributed by atoms with Gasteiger partial charge in [-0.1, -0.05) is 0 Å². The Bertz CT molecular complexity index is 994. The van der Waals surface area contributed by atoms with Crippen molar-refractivity contribution in [2.24, 2.45) is 0 Å². The number of aromatic nitrogens is 2. The molecule has 0 unspecified atom stereocenters. The molecule has 0 amide bonds. The summed E-state index contributed by atoms with van der Waals surface area (Å²) < 4.78 is 10.2. The molecular formula is C20H21N3O4. The average molecular weight is 367 g/mol. The van der Waals surface area contributed by atoms with Crippen LogP contribution >= 0.6 is 0 Å². The predicted molar refractivity (Wildman–Crippen MR) is 103 cm³/mol. The lowest BCUT2D eigenvalue weighted by atomic mass is 10.0. The van der Waals surface area contributed by atoms with Crippen LogP contribution in [0.2, 0.25) is 0 Å². The van der Waals surface area contributed by atoms with Gasteiger partial charge in [-0.2, -0.15) is 0 Å². The van der Waals surface area contributed by atoms with Crippen LogP contribution in [0.25, 0.3) is 21.8 Å². The molecule has 3 rings (SSSR count). The van der Waals surface area contributed by atoms with Crippen molar-refractivity contribution in [1.82, 2.24) is 9.97 Å². The Kier molecular flexibility index (Phi) is 4.94. The van der Waals surface area contributed by atoms with E-state index in [9.17, 15) is 9.59 Å². The highest BCUT2D eigenvalue weighted by atomic mass is 16.5. The van der Waals surface area contributed by atoms with Crippen LogP contribution in [0.1, 0.15) is 46.0 Å². The zero-order valence-corrected chi connectivity index (χ0v) is 15.8. The summed E-state index contributed by atoms with van der Waals surface area (Å²) in [6.07, 6.45) is 0. The minimum absolute atomic E-state index is 0.280. The van der Waals surface area contributed by atoms with E-state index in [4.69, 9.17) is 15.2 Å². The SMILES string of the molecule is CCOC(=O)c1cc2cc3cc(C(=O)OCC)c(C)nc3c(N)c2nc1C. The zero-order valence-electron chi connectivity index (χ0n) is 15.8. The molecule has 0 aliphatic heterocycles. The number of rotatable bonds is 4. The summed E-state index contributed by atoms with van der Waals surface area (Å²) in [4.78, 5) is 33.3. The van der Waals surface area contributed by atoms with Crippen LogP contribution in [0.3, 0.4) is 0 Å². The van der Waals surface area contributed by atoms with E-state index < -0.39 is 11.9 Å². The van der Waals surface area contributed by atoms with Gasteiger partial charge in [-0.05, 0) is 45.9 Å². The molecule has 2 aromatic heterocycles. The molecule has 7 nitrogen and oxygen atoms in total. The molecule has 2 heterocycles. The number of benzene rings is 1. The Morgan fingerprint density at radius 3 is 1.63 bits per heavy atom. The maximum Gasteiger partial charge on any atom is 0.339 e. The van der Waals surface area contributed by atoms with Gasteiger partial charge in [-0.15, -0.1) is 0 Å². The minimum Gasteiger partial charge on any atom is -0.462 e. The Hall–Kier alpha value is -3.22. The first-order valence-electron chi connectivity index (χ1n) is 8.72. The van der Waals surface area contributed by atoms with E-state index in [2.05, 4.69) is 9.97 Å². The highest BCUT2D eigenvalue weighted by Crippen LogP contribution is 2.31. The normalized spacial score (nSPS) is 11.0. The summed E-state index contributed by atoms with van der Waals surface area (Å²) in [6, 6.07) is 5.22. The molecule has 0 aliphatic carbocycles. The number of esters is 2. The monoisotopic (exact) mass is 367 g/mol. The van der Waals surface area contributed by atoms with Crippen LogP contribution in [-0.4, -0.2) is 35.1 Å². The standard InChI is InChI=1S/C20H21N3O4/c1-5-26-19(24)14-8-12-7-13-9-15(20(25)27-6-2)11(4)23-18(13)16(21)17(12)22-10(14)3/h7-9H,5-6,21H2,1-4H3. The molecule has 0 aliphatic rings. The largest absolute Gasteiger partial charge is 0.462 e. The van der Waals surface area contributed by atoms with E-state index in [0.717, 1.165) is 0 Å². The molecule has 3 aromatic rings. The van der Waals surface area contributed by atoms with Gasteiger partial charge in [0.2, 0.25) is 0 Å². The molecule has 7 heteroatoms. The molecule has 0 bridgehead atoms. The van der Waals surface area contributed by atoms with Gasteiger partial charge in [0, 0.05) is 10.8 Å². The van der Waals surface area contributed by atoms with E-state index in [-0.39, 0.29) is 13.2 Å². The first kappa shape index (κ1) is 18.6. The van der Waals surface area contributed by atoms with Gasteiger partial charge in [0.05, 0.1) is 52.4 Å². The van der Waals surface area contributed by atoms with E-state index in [1.165, 1.54) is 0 Å². The lowest BCUT2D eigenvalue weighted by molar-refractivity contribution is 0.0515. The Labute approximate surface area is 156 Å². The summed E-state index contributed by atoms with van der Waals surface area (Å²) in [5.41, 5.74) is 9.66. The number of ether oxygens (including phenoxy) is 2. The van der Waals surface area contributed by atoms with E-state index in [1.807, 2.05) is 6.07 Å². The zero-order chi connectivity index (χ0) is 19.7. The van der Waals surface area contributed by atoms with Crippen molar-refractivity contribution in [2.75, 3.05) is 18.9 Å². The van der Waals surface area contributed by atoms with E-state index in [1.54, 1.807) is 39.8 Å². The Morgan fingerprint density at radius 2 is 1.26 bits per heavy atom. The van der Waals surface area contributed by atoms with Gasteiger partial charge >= 0.3 is 11.9 Å². The Balaban J connectivity index is 2.26. The van der Waals surface area contributed by atoms with Gasteiger partial charge in [0.1, 0.15) is 0 Å². The number of hydrogen-bond donors (Lipinski definition) is 1. The summed E-state index contributed by atoms with van der Waals surface area (Å²) in [5, 5.41) is 1.35. The number of carbonyl (C=O) groups excluding carboxylic acids is 2. The third kappa shape index (κ3) is 3.28. The third-order valence-electron chi connectivity index (χ3n) is 4.30. The first-order valence-corrected chi connectivity index (χ1v) is 8.72. The molecule has 0 radical (unpaired) electrons. The number of fused-ring (bicyclic) bond motifs is 2. The van der Waals surface area contributed by atoms with Gasteiger partial charge in [-0.25, -0.2) is 19.6 Å². The molecule has 1 aromatic carbocycles. The fourth-order valence-electron chi connectivity index (χ4n) is 3.00. The fraction of sp³-hybridized carbons (Fsp3) is 0.300. The summed E-state index contributed by atoms with van der Waals surface area (Å²) >= 11 is 0. The van der Waals surface area contributed by atoms with Gasteiger partial charge < -0.3 is 15.2 Å². The fourth-order valence-corrected chi connectivity index (χ4v) is 3.00. The number of pyridine rings is 2. The van der Waals surface area contributed by atoms with E-state index in [0.29, 0.717) is 50.0 Å². The molecule has 0 atom stereocenters. The summed E-state index contributed by atoms with van der Waals surface area (Å²) in [5.74, 6) is -0.866. The number of nitrogen functional groups attached to an aromatic ring is 1. The van der Waals surface area contributed by atoms with Crippen molar-refractivity contribution in [3.8, 4) is 0 Å². The maximum absolute atomic E-state index is 12.2. The molecule has 0 saturated heterocycles. The average Bonchev–Trinajstić information content (AvgIpc) is 2.62. The van der Waals surface area contributed by atoms with Crippen LogP contribution in [0.4, 0.5) is 5.69 Å². The van der Waals surface area contributed by atoms with Crippen molar-refractivity contribution in [1.29, 1.82) is 0 Å². The minimum atomic E-state index is -0.433. The lowest BCUT2D eigenvalue weighted by Gasteiger charge is -2.12. The van der Waals surface area contributed by atoms with E-state index >= 15 is 0 Å². The van der Waals surface area contributed by atoms with Crippen LogP contribution < -0.4 is 5.73 Å². The number of nitrogens with zero attached hydrogens (tertiary/aromatic N) is 2. The van der Waals surface area contributed by atoms with Crippen molar-refractivity contribution in [3.63, 3.8) is 0 Å². The number of carbonyl (C=O) groups is 2. The topological polar surface area (TPSA) is 104 Å². The second kappa shape index (κ2) is 7.19. The van der Waals surface area contributed by atoms with Crippen molar-refractivity contribution < 1.29 is 19.1 Å². The van der Waals surface area contributed by atoms with Crippen LogP contribution in [0.15, 0.2) is 18.2 Å². The second-order valence-electron chi connectivity index (χ2n) is 6.12. The second-order valence-corrected chi connectivity index (χ2v) is 6.12. The molecule has 27 heavy (non-hydrogen) atoms. The van der Waals surface area contributed by atoms with Gasteiger partial charge in [0.15, 0.2) is 0 Å². The molecule has 140 valence electrons. The van der Waals surface area contributed by atoms with Crippen molar-refractivity contribution in [3.05, 3.63) is 40.7 Å². The molecule has 0 saturated carbocycles. The number of aryl methyl sites for hydroxylation is 2.